The minimum absolute atomic E-state index is 0.0382. The number of amides is 1. The van der Waals surface area contributed by atoms with Gasteiger partial charge in [-0.3, -0.25) is 18.8 Å². The van der Waals surface area contributed by atoms with Crippen LogP contribution in [0.4, 0.5) is 5.82 Å². The van der Waals surface area contributed by atoms with Gasteiger partial charge in [0, 0.05) is 37.1 Å². The summed E-state index contributed by atoms with van der Waals surface area (Å²) in [6, 6.07) is 18.6. The maximum atomic E-state index is 13.9. The predicted octanol–water partition coefficient (Wildman–Crippen LogP) is 3.66. The first kappa shape index (κ1) is 31.4. The zero-order chi connectivity index (χ0) is 32.2. The quantitative estimate of drug-likeness (QED) is 0.202. The Hall–Kier alpha value is -4.99. The Labute approximate surface area is 261 Å². The van der Waals surface area contributed by atoms with E-state index in [0.29, 0.717) is 41.6 Å². The van der Waals surface area contributed by atoms with Crippen molar-refractivity contribution in [2.24, 2.45) is 5.41 Å². The number of hydrogen-bond acceptors (Lipinski definition) is 9. The summed E-state index contributed by atoms with van der Waals surface area (Å²) in [6.07, 6.45) is 3.03. The molecule has 0 radical (unpaired) electrons. The number of morpholine rings is 1. The summed E-state index contributed by atoms with van der Waals surface area (Å²) >= 11 is 0. The standard InChI is InChI=1S/C33H38N8O4/c1-32(2,20-36-30(42)23(19-34)18-33(3,4)39-14-16-44-17-15-39)21-40-29-27(28(35)37-22-38-29)41(31(40)43)24-10-12-26(13-11-24)45-25-8-6-5-7-9-25/h5-13,18,22H,14-17,20-21H2,1-4H3,(H,36,42)(H2,35,37,38)/b23-18+. The molecule has 45 heavy (non-hydrogen) atoms. The number of aromatic nitrogens is 4. The SMILES string of the molecule is CC(C)(CNC(=O)/C(C#N)=C/C(C)(C)N1CCOCC1)Cn1c(=O)n(-c2ccc(Oc3ccccc3)cc2)c2c(N)ncnc21. The lowest BCUT2D eigenvalue weighted by Crippen LogP contribution is -2.49. The molecule has 234 valence electrons. The van der Waals surface area contributed by atoms with Crippen LogP contribution in [0.2, 0.25) is 0 Å². The van der Waals surface area contributed by atoms with Crippen molar-refractivity contribution in [3.8, 4) is 23.3 Å². The number of nitrogen functional groups attached to an aromatic ring is 1. The molecule has 0 aliphatic carbocycles. The van der Waals surface area contributed by atoms with Crippen LogP contribution in [0.1, 0.15) is 27.7 Å². The molecule has 1 saturated heterocycles. The van der Waals surface area contributed by atoms with Crippen LogP contribution in [0.25, 0.3) is 16.9 Å². The molecule has 0 bridgehead atoms. The second-order valence-corrected chi connectivity index (χ2v) is 12.3. The van der Waals surface area contributed by atoms with Crippen molar-refractivity contribution in [3.05, 3.63) is 83.1 Å². The summed E-state index contributed by atoms with van der Waals surface area (Å²) in [4.78, 5) is 37.8. The van der Waals surface area contributed by atoms with Crippen LogP contribution in [0.3, 0.4) is 0 Å². The predicted molar refractivity (Wildman–Crippen MR) is 171 cm³/mol. The molecular weight excluding hydrogens is 572 g/mol. The molecule has 4 aromatic rings. The van der Waals surface area contributed by atoms with E-state index in [1.165, 1.54) is 15.5 Å². The average molecular weight is 611 g/mol. The lowest BCUT2D eigenvalue weighted by Gasteiger charge is -2.39. The van der Waals surface area contributed by atoms with E-state index >= 15 is 0 Å². The van der Waals surface area contributed by atoms with Crippen LogP contribution in [0, 0.1) is 16.7 Å². The van der Waals surface area contributed by atoms with Gasteiger partial charge in [0.15, 0.2) is 11.5 Å². The van der Waals surface area contributed by atoms with E-state index in [1.807, 2.05) is 58.0 Å². The zero-order valence-electron chi connectivity index (χ0n) is 26.0. The fourth-order valence-corrected chi connectivity index (χ4v) is 5.40. The molecule has 1 amide bonds. The molecule has 0 spiro atoms. The molecule has 1 fully saturated rings. The first-order valence-corrected chi connectivity index (χ1v) is 14.8. The normalized spacial score (nSPS) is 14.7. The molecule has 1 aliphatic heterocycles. The third-order valence-corrected chi connectivity index (χ3v) is 7.81. The van der Waals surface area contributed by atoms with E-state index in [9.17, 15) is 14.9 Å². The topological polar surface area (TPSA) is 153 Å². The van der Waals surface area contributed by atoms with Crippen molar-refractivity contribution >= 4 is 22.9 Å². The van der Waals surface area contributed by atoms with Gasteiger partial charge in [-0.2, -0.15) is 5.26 Å². The largest absolute Gasteiger partial charge is 0.457 e. The number of nitriles is 1. The molecule has 12 heteroatoms. The molecule has 12 nitrogen and oxygen atoms in total. The number of anilines is 1. The van der Waals surface area contributed by atoms with Crippen molar-refractivity contribution in [1.82, 2.24) is 29.3 Å². The van der Waals surface area contributed by atoms with Gasteiger partial charge in [-0.25, -0.2) is 14.8 Å². The number of nitrogens with one attached hydrogen (secondary N) is 1. The smallest absolute Gasteiger partial charge is 0.335 e. The highest BCUT2D eigenvalue weighted by atomic mass is 16.5. The van der Waals surface area contributed by atoms with Crippen LogP contribution < -0.4 is 21.5 Å². The van der Waals surface area contributed by atoms with Gasteiger partial charge in [0.25, 0.3) is 5.91 Å². The molecule has 2 aromatic heterocycles. The number of rotatable bonds is 10. The maximum Gasteiger partial charge on any atom is 0.335 e. The van der Waals surface area contributed by atoms with Crippen LogP contribution in [-0.2, 0) is 16.1 Å². The zero-order valence-corrected chi connectivity index (χ0v) is 26.0. The van der Waals surface area contributed by atoms with E-state index in [2.05, 4.69) is 26.3 Å². The van der Waals surface area contributed by atoms with Crippen molar-refractivity contribution in [1.29, 1.82) is 5.26 Å². The second-order valence-electron chi connectivity index (χ2n) is 12.3. The number of nitrogens with two attached hydrogens (primary N) is 1. The van der Waals surface area contributed by atoms with E-state index in [0.717, 1.165) is 13.1 Å². The Morgan fingerprint density at radius 2 is 1.73 bits per heavy atom. The number of carbonyl (C=O) groups is 1. The summed E-state index contributed by atoms with van der Waals surface area (Å²) in [5.41, 5.74) is 6.19. The van der Waals surface area contributed by atoms with E-state index in [4.69, 9.17) is 15.2 Å². The van der Waals surface area contributed by atoms with E-state index in [1.54, 1.807) is 30.3 Å². The second kappa shape index (κ2) is 12.9. The lowest BCUT2D eigenvalue weighted by atomic mass is 9.93. The molecule has 0 atom stereocenters. The van der Waals surface area contributed by atoms with Gasteiger partial charge >= 0.3 is 5.69 Å². The number of para-hydroxylation sites is 1. The molecule has 5 rings (SSSR count). The average Bonchev–Trinajstić information content (AvgIpc) is 3.31. The van der Waals surface area contributed by atoms with Crippen LogP contribution >= 0.6 is 0 Å². The number of nitrogens with zero attached hydrogens (tertiary/aromatic N) is 6. The fourth-order valence-electron chi connectivity index (χ4n) is 5.40. The van der Waals surface area contributed by atoms with Gasteiger partial charge < -0.3 is 20.5 Å². The molecule has 1 aliphatic rings. The van der Waals surface area contributed by atoms with Crippen LogP contribution in [-0.4, -0.2) is 68.3 Å². The minimum atomic E-state index is -0.605. The Kier molecular flexibility index (Phi) is 9.04. The van der Waals surface area contributed by atoms with E-state index in [-0.39, 0.29) is 30.2 Å². The minimum Gasteiger partial charge on any atom is -0.457 e. The first-order valence-electron chi connectivity index (χ1n) is 14.8. The van der Waals surface area contributed by atoms with Crippen molar-refractivity contribution in [3.63, 3.8) is 0 Å². The highest BCUT2D eigenvalue weighted by molar-refractivity contribution is 5.97. The number of hydrogen-bond donors (Lipinski definition) is 2. The fraction of sp³-hybridized carbons (Fsp3) is 0.364. The first-order chi connectivity index (χ1) is 21.5. The van der Waals surface area contributed by atoms with Gasteiger partial charge in [0.1, 0.15) is 35.0 Å². The summed E-state index contributed by atoms with van der Waals surface area (Å²) in [6.45, 7) is 10.9. The van der Waals surface area contributed by atoms with Crippen molar-refractivity contribution < 1.29 is 14.3 Å². The third-order valence-electron chi connectivity index (χ3n) is 7.81. The highest BCUT2D eigenvalue weighted by Crippen LogP contribution is 2.27. The molecule has 3 heterocycles. The Balaban J connectivity index is 1.36. The molecule has 2 aromatic carbocycles. The summed E-state index contributed by atoms with van der Waals surface area (Å²) in [5, 5.41) is 12.7. The maximum absolute atomic E-state index is 13.9. The number of fused-ring (bicyclic) bond motifs is 1. The van der Waals surface area contributed by atoms with Gasteiger partial charge in [0.2, 0.25) is 0 Å². The van der Waals surface area contributed by atoms with Crippen molar-refractivity contribution in [2.45, 2.75) is 39.8 Å². The molecule has 3 N–H and O–H groups in total. The van der Waals surface area contributed by atoms with E-state index < -0.39 is 16.9 Å². The Morgan fingerprint density at radius 3 is 2.40 bits per heavy atom. The monoisotopic (exact) mass is 610 g/mol. The summed E-state index contributed by atoms with van der Waals surface area (Å²) in [7, 11) is 0. The van der Waals surface area contributed by atoms with Gasteiger partial charge in [-0.05, 0) is 56.3 Å². The Bertz CT molecular complexity index is 1790. The van der Waals surface area contributed by atoms with Gasteiger partial charge in [-0.15, -0.1) is 0 Å². The number of ether oxygens (including phenoxy) is 2. The van der Waals surface area contributed by atoms with Crippen LogP contribution in [0.15, 0.2) is 77.4 Å². The molecule has 0 unspecified atom stereocenters. The number of carbonyl (C=O) groups excluding carboxylic acids is 1. The molecular formula is C33H38N8O4. The summed E-state index contributed by atoms with van der Waals surface area (Å²) in [5.74, 6) is 1.01. The summed E-state index contributed by atoms with van der Waals surface area (Å²) < 4.78 is 14.4. The number of benzene rings is 2. The van der Waals surface area contributed by atoms with Crippen molar-refractivity contribution in [2.75, 3.05) is 38.6 Å². The van der Waals surface area contributed by atoms with Gasteiger partial charge in [-0.1, -0.05) is 32.0 Å². The molecule has 0 saturated carbocycles. The van der Waals surface area contributed by atoms with Crippen LogP contribution in [0.5, 0.6) is 11.5 Å². The lowest BCUT2D eigenvalue weighted by molar-refractivity contribution is -0.117. The number of imidazole rings is 1. The van der Waals surface area contributed by atoms with Gasteiger partial charge in [0.05, 0.1) is 18.9 Å². The highest BCUT2D eigenvalue weighted by Gasteiger charge is 2.30. The third kappa shape index (κ3) is 7.06. The Morgan fingerprint density at radius 1 is 1.07 bits per heavy atom.